The van der Waals surface area contributed by atoms with Crippen molar-refractivity contribution in [1.82, 2.24) is 14.9 Å². The van der Waals surface area contributed by atoms with Crippen LogP contribution in [0.2, 0.25) is 0 Å². The molecule has 2 aromatic rings. The number of carbonyl (C=O) groups is 1. The SMILES string of the molecule is Cc1ccc(/C=C/C(=O)NCCCn2ccnc2)cc1. The summed E-state index contributed by atoms with van der Waals surface area (Å²) >= 11 is 0. The van der Waals surface area contributed by atoms with E-state index in [0.717, 1.165) is 18.5 Å². The minimum atomic E-state index is -0.0591. The Labute approximate surface area is 119 Å². The highest BCUT2D eigenvalue weighted by molar-refractivity contribution is 5.91. The van der Waals surface area contributed by atoms with Crippen molar-refractivity contribution in [2.45, 2.75) is 19.9 Å². The second-order valence-corrected chi connectivity index (χ2v) is 4.69. The van der Waals surface area contributed by atoms with E-state index in [2.05, 4.69) is 10.3 Å². The molecule has 0 bridgehead atoms. The molecule has 0 aliphatic carbocycles. The smallest absolute Gasteiger partial charge is 0.244 e. The van der Waals surface area contributed by atoms with Gasteiger partial charge in [0.25, 0.3) is 0 Å². The van der Waals surface area contributed by atoms with Gasteiger partial charge in [-0.3, -0.25) is 4.79 Å². The Kier molecular flexibility index (Phi) is 5.12. The van der Waals surface area contributed by atoms with E-state index < -0.39 is 0 Å². The second-order valence-electron chi connectivity index (χ2n) is 4.69. The van der Waals surface area contributed by atoms with Gasteiger partial charge in [-0.2, -0.15) is 0 Å². The Hall–Kier alpha value is -2.36. The van der Waals surface area contributed by atoms with Crippen molar-refractivity contribution in [3.05, 3.63) is 60.2 Å². The maximum atomic E-state index is 11.6. The molecule has 0 aliphatic heterocycles. The molecule has 0 saturated heterocycles. The normalized spacial score (nSPS) is 10.8. The maximum Gasteiger partial charge on any atom is 0.244 e. The van der Waals surface area contributed by atoms with Gasteiger partial charge in [0.2, 0.25) is 5.91 Å². The van der Waals surface area contributed by atoms with Crippen LogP contribution in [0.3, 0.4) is 0 Å². The van der Waals surface area contributed by atoms with Crippen molar-refractivity contribution < 1.29 is 4.79 Å². The highest BCUT2D eigenvalue weighted by Crippen LogP contribution is 2.04. The van der Waals surface area contributed by atoms with Gasteiger partial charge in [0, 0.05) is 31.6 Å². The van der Waals surface area contributed by atoms with E-state index in [4.69, 9.17) is 0 Å². The second kappa shape index (κ2) is 7.28. The van der Waals surface area contributed by atoms with E-state index in [0.29, 0.717) is 6.54 Å². The summed E-state index contributed by atoms with van der Waals surface area (Å²) in [5.41, 5.74) is 2.25. The van der Waals surface area contributed by atoms with Gasteiger partial charge >= 0.3 is 0 Å². The van der Waals surface area contributed by atoms with Crippen LogP contribution in [0, 0.1) is 6.92 Å². The Balaban J connectivity index is 1.68. The number of nitrogens with one attached hydrogen (secondary N) is 1. The van der Waals surface area contributed by atoms with Gasteiger partial charge in [0.15, 0.2) is 0 Å². The minimum Gasteiger partial charge on any atom is -0.352 e. The van der Waals surface area contributed by atoms with Gasteiger partial charge in [0.1, 0.15) is 0 Å². The van der Waals surface area contributed by atoms with Gasteiger partial charge in [-0.15, -0.1) is 0 Å². The van der Waals surface area contributed by atoms with Crippen LogP contribution in [0.1, 0.15) is 17.5 Å². The largest absolute Gasteiger partial charge is 0.352 e. The zero-order valence-corrected chi connectivity index (χ0v) is 11.6. The van der Waals surface area contributed by atoms with Crippen LogP contribution in [0.5, 0.6) is 0 Å². The number of amides is 1. The van der Waals surface area contributed by atoms with Crippen LogP contribution >= 0.6 is 0 Å². The molecule has 1 N–H and O–H groups in total. The number of hydrogen-bond acceptors (Lipinski definition) is 2. The molecule has 0 atom stereocenters. The average Bonchev–Trinajstić information content (AvgIpc) is 2.96. The first-order chi connectivity index (χ1) is 9.74. The van der Waals surface area contributed by atoms with Crippen LogP contribution in [0.15, 0.2) is 49.1 Å². The number of imidazole rings is 1. The van der Waals surface area contributed by atoms with Crippen molar-refractivity contribution in [3.63, 3.8) is 0 Å². The molecule has 1 aromatic heterocycles. The molecule has 0 spiro atoms. The first kappa shape index (κ1) is 14.1. The number of aryl methyl sites for hydroxylation is 2. The molecule has 0 aliphatic rings. The van der Waals surface area contributed by atoms with Gasteiger partial charge in [0.05, 0.1) is 6.33 Å². The summed E-state index contributed by atoms with van der Waals surface area (Å²) in [7, 11) is 0. The fourth-order valence-electron chi connectivity index (χ4n) is 1.80. The van der Waals surface area contributed by atoms with E-state index in [1.165, 1.54) is 5.56 Å². The summed E-state index contributed by atoms with van der Waals surface area (Å²) < 4.78 is 1.99. The molecule has 4 heteroatoms. The quantitative estimate of drug-likeness (QED) is 0.646. The van der Waals surface area contributed by atoms with Crippen LogP contribution in [0.4, 0.5) is 0 Å². The van der Waals surface area contributed by atoms with Crippen LogP contribution in [-0.2, 0) is 11.3 Å². The minimum absolute atomic E-state index is 0.0591. The summed E-state index contributed by atoms with van der Waals surface area (Å²) in [4.78, 5) is 15.6. The molecule has 1 heterocycles. The van der Waals surface area contributed by atoms with Crippen molar-refractivity contribution >= 4 is 12.0 Å². The van der Waals surface area contributed by atoms with Crippen LogP contribution in [-0.4, -0.2) is 22.0 Å². The van der Waals surface area contributed by atoms with Crippen molar-refractivity contribution in [2.24, 2.45) is 0 Å². The van der Waals surface area contributed by atoms with Gasteiger partial charge in [-0.25, -0.2) is 4.98 Å². The third-order valence-corrected chi connectivity index (χ3v) is 2.96. The van der Waals surface area contributed by atoms with E-state index in [1.807, 2.05) is 48.0 Å². The lowest BCUT2D eigenvalue weighted by molar-refractivity contribution is -0.116. The van der Waals surface area contributed by atoms with E-state index in [1.54, 1.807) is 18.6 Å². The molecular formula is C16H19N3O. The molecule has 0 fully saturated rings. The fourth-order valence-corrected chi connectivity index (χ4v) is 1.80. The Morgan fingerprint density at radius 1 is 1.35 bits per heavy atom. The lowest BCUT2D eigenvalue weighted by atomic mass is 10.1. The van der Waals surface area contributed by atoms with Gasteiger partial charge in [-0.05, 0) is 25.0 Å². The predicted molar refractivity (Wildman–Crippen MR) is 80.1 cm³/mol. The first-order valence-electron chi connectivity index (χ1n) is 6.72. The molecule has 0 unspecified atom stereocenters. The molecule has 0 saturated carbocycles. The Morgan fingerprint density at radius 2 is 2.15 bits per heavy atom. The van der Waals surface area contributed by atoms with Crippen molar-refractivity contribution in [3.8, 4) is 0 Å². The Morgan fingerprint density at radius 3 is 2.85 bits per heavy atom. The van der Waals surface area contributed by atoms with Crippen molar-refractivity contribution in [2.75, 3.05) is 6.54 Å². The molecular weight excluding hydrogens is 250 g/mol. The average molecular weight is 269 g/mol. The van der Waals surface area contributed by atoms with E-state index in [-0.39, 0.29) is 5.91 Å². The number of nitrogens with zero attached hydrogens (tertiary/aromatic N) is 2. The molecule has 1 amide bonds. The summed E-state index contributed by atoms with van der Waals surface area (Å²) in [6.45, 7) is 3.57. The van der Waals surface area contributed by atoms with E-state index in [9.17, 15) is 4.79 Å². The highest BCUT2D eigenvalue weighted by atomic mass is 16.1. The molecule has 4 nitrogen and oxygen atoms in total. The lowest BCUT2D eigenvalue weighted by Gasteiger charge is -2.03. The highest BCUT2D eigenvalue weighted by Gasteiger charge is 1.95. The number of rotatable bonds is 6. The third-order valence-electron chi connectivity index (χ3n) is 2.96. The molecule has 0 radical (unpaired) electrons. The molecule has 20 heavy (non-hydrogen) atoms. The summed E-state index contributed by atoms with van der Waals surface area (Å²) in [5.74, 6) is -0.0591. The first-order valence-corrected chi connectivity index (χ1v) is 6.72. The summed E-state index contributed by atoms with van der Waals surface area (Å²) in [6.07, 6.45) is 9.73. The number of benzene rings is 1. The Bertz CT molecular complexity index is 556. The number of hydrogen-bond donors (Lipinski definition) is 1. The summed E-state index contributed by atoms with van der Waals surface area (Å²) in [6, 6.07) is 8.06. The van der Waals surface area contributed by atoms with Crippen molar-refractivity contribution in [1.29, 1.82) is 0 Å². The van der Waals surface area contributed by atoms with Gasteiger partial charge in [-0.1, -0.05) is 29.8 Å². The van der Waals surface area contributed by atoms with Crippen LogP contribution < -0.4 is 5.32 Å². The maximum absolute atomic E-state index is 11.6. The topological polar surface area (TPSA) is 46.9 Å². The monoisotopic (exact) mass is 269 g/mol. The van der Waals surface area contributed by atoms with E-state index >= 15 is 0 Å². The molecule has 2 rings (SSSR count). The third kappa shape index (κ3) is 4.72. The zero-order chi connectivity index (χ0) is 14.2. The van der Waals surface area contributed by atoms with Crippen LogP contribution in [0.25, 0.3) is 6.08 Å². The molecule has 104 valence electrons. The number of aromatic nitrogens is 2. The standard InChI is InChI=1S/C16H19N3O/c1-14-3-5-15(6-4-14)7-8-16(20)18-9-2-11-19-12-10-17-13-19/h3-8,10,12-13H,2,9,11H2,1H3,(H,18,20)/b8-7+. The predicted octanol–water partition coefficient (Wildman–Crippen LogP) is 2.41. The molecule has 1 aromatic carbocycles. The summed E-state index contributed by atoms with van der Waals surface area (Å²) in [5, 5.41) is 2.87. The zero-order valence-electron chi connectivity index (χ0n) is 11.6. The fraction of sp³-hybridized carbons (Fsp3) is 0.250. The van der Waals surface area contributed by atoms with Gasteiger partial charge < -0.3 is 9.88 Å². The lowest BCUT2D eigenvalue weighted by Crippen LogP contribution is -2.22. The number of carbonyl (C=O) groups excluding carboxylic acids is 1.